The average molecular weight is 427 g/mol. The molecule has 1 N–H and O–H groups in total. The van der Waals surface area contributed by atoms with E-state index in [0.29, 0.717) is 13.0 Å². The third-order valence-corrected chi connectivity index (χ3v) is 6.28. The summed E-state index contributed by atoms with van der Waals surface area (Å²) in [6.45, 7) is 6.48. The molecule has 1 atom stereocenters. The van der Waals surface area contributed by atoms with Crippen LogP contribution in [0.3, 0.4) is 0 Å². The molecule has 30 heavy (non-hydrogen) atoms. The third kappa shape index (κ3) is 3.47. The van der Waals surface area contributed by atoms with Crippen LogP contribution in [0.25, 0.3) is 0 Å². The molecule has 2 aromatic rings. The predicted molar refractivity (Wildman–Crippen MR) is 111 cm³/mol. The summed E-state index contributed by atoms with van der Waals surface area (Å²) in [5.74, 6) is -2.43. The van der Waals surface area contributed by atoms with Crippen molar-refractivity contribution >= 4 is 39.2 Å². The molecule has 9 nitrogen and oxygen atoms in total. The molecule has 2 aromatic heterocycles. The molecule has 4 rings (SSSR count). The van der Waals surface area contributed by atoms with Crippen LogP contribution in [0.5, 0.6) is 0 Å². The Hall–Kier alpha value is -3.14. The normalized spacial score (nSPS) is 20.2. The standard InChI is InChI=1S/C20H21N5O4S/c1-20(2,3)8-11-25-18-12(6-4-10-22-18)15(26)14(19(25)27)17-23-16-13(7-5-9-21-16)30(28,29)24-17/h4-7,9-10,14H,8,11H2,1-3H3,(H,21,23,24). The molecule has 1 amide bonds. The minimum atomic E-state index is -4.09. The number of nitrogens with zero attached hydrogens (tertiary/aromatic N) is 4. The summed E-state index contributed by atoms with van der Waals surface area (Å²) in [5, 5.41) is 2.78. The van der Waals surface area contributed by atoms with E-state index >= 15 is 0 Å². The van der Waals surface area contributed by atoms with Gasteiger partial charge in [0.1, 0.15) is 16.5 Å². The van der Waals surface area contributed by atoms with Crippen molar-refractivity contribution in [3.05, 3.63) is 42.2 Å². The van der Waals surface area contributed by atoms with Gasteiger partial charge in [0.25, 0.3) is 10.0 Å². The van der Waals surface area contributed by atoms with E-state index in [4.69, 9.17) is 0 Å². The number of carbonyl (C=O) groups is 2. The first-order valence-corrected chi connectivity index (χ1v) is 10.9. The summed E-state index contributed by atoms with van der Waals surface area (Å²) >= 11 is 0. The van der Waals surface area contributed by atoms with Gasteiger partial charge >= 0.3 is 0 Å². The highest BCUT2D eigenvalue weighted by molar-refractivity contribution is 7.90. The first kappa shape index (κ1) is 20.1. The van der Waals surface area contributed by atoms with Gasteiger partial charge in [-0.3, -0.25) is 14.5 Å². The molecule has 156 valence electrons. The number of rotatable bonds is 3. The van der Waals surface area contributed by atoms with E-state index in [1.165, 1.54) is 29.4 Å². The Labute approximate surface area is 174 Å². The number of amides is 1. The Bertz CT molecular complexity index is 1180. The molecule has 0 aromatic carbocycles. The highest BCUT2D eigenvalue weighted by atomic mass is 32.2. The summed E-state index contributed by atoms with van der Waals surface area (Å²) in [5.41, 5.74) is 0.198. The average Bonchev–Trinajstić information content (AvgIpc) is 2.67. The molecule has 4 heterocycles. The zero-order chi connectivity index (χ0) is 21.7. The molecule has 1 unspecified atom stereocenters. The topological polar surface area (TPSA) is 122 Å². The second-order valence-electron chi connectivity index (χ2n) is 8.40. The van der Waals surface area contributed by atoms with Crippen LogP contribution >= 0.6 is 0 Å². The summed E-state index contributed by atoms with van der Waals surface area (Å²) in [7, 11) is -4.09. The highest BCUT2D eigenvalue weighted by Gasteiger charge is 2.45. The van der Waals surface area contributed by atoms with Gasteiger partial charge in [0, 0.05) is 18.9 Å². The van der Waals surface area contributed by atoms with Gasteiger partial charge in [0.2, 0.25) is 5.91 Å². The molecule has 10 heteroatoms. The van der Waals surface area contributed by atoms with Gasteiger partial charge in [-0.05, 0) is 36.1 Å². The molecule has 2 aliphatic heterocycles. The number of ketones is 1. The largest absolute Gasteiger partial charge is 0.326 e. The van der Waals surface area contributed by atoms with Crippen molar-refractivity contribution in [2.45, 2.75) is 32.1 Å². The number of sulfonamides is 1. The smallest absolute Gasteiger partial charge is 0.287 e. The van der Waals surface area contributed by atoms with Crippen LogP contribution in [0.2, 0.25) is 0 Å². The fraction of sp³-hybridized carbons (Fsp3) is 0.350. The van der Waals surface area contributed by atoms with Crippen molar-refractivity contribution in [1.82, 2.24) is 9.97 Å². The van der Waals surface area contributed by atoms with Crippen LogP contribution < -0.4 is 10.2 Å². The maximum atomic E-state index is 13.4. The number of aromatic nitrogens is 2. The zero-order valence-corrected chi connectivity index (χ0v) is 17.6. The first-order chi connectivity index (χ1) is 14.1. The van der Waals surface area contributed by atoms with Gasteiger partial charge in [0.05, 0.1) is 5.56 Å². The van der Waals surface area contributed by atoms with Gasteiger partial charge in [0.15, 0.2) is 17.5 Å². The Morgan fingerprint density at radius 2 is 1.80 bits per heavy atom. The quantitative estimate of drug-likeness (QED) is 0.746. The van der Waals surface area contributed by atoms with Crippen molar-refractivity contribution in [3.8, 4) is 0 Å². The molecule has 0 radical (unpaired) electrons. The first-order valence-electron chi connectivity index (χ1n) is 9.46. The minimum absolute atomic E-state index is 0.0429. The highest BCUT2D eigenvalue weighted by Crippen LogP contribution is 2.34. The number of fused-ring (bicyclic) bond motifs is 2. The van der Waals surface area contributed by atoms with Gasteiger partial charge < -0.3 is 5.32 Å². The maximum absolute atomic E-state index is 13.4. The Balaban J connectivity index is 1.79. The SMILES string of the molecule is CC(C)(C)CCN1C(=O)C(C2=NS(=O)(=O)c3cccnc3N2)C(=O)c2cccnc21. The van der Waals surface area contributed by atoms with Gasteiger partial charge in [-0.15, -0.1) is 4.40 Å². The van der Waals surface area contributed by atoms with E-state index in [1.54, 1.807) is 12.1 Å². The Morgan fingerprint density at radius 3 is 2.53 bits per heavy atom. The Morgan fingerprint density at radius 1 is 1.10 bits per heavy atom. The van der Waals surface area contributed by atoms with Crippen molar-refractivity contribution in [3.63, 3.8) is 0 Å². The maximum Gasteiger partial charge on any atom is 0.287 e. The number of nitrogens with one attached hydrogen (secondary N) is 1. The van der Waals surface area contributed by atoms with E-state index < -0.39 is 27.6 Å². The molecule has 0 bridgehead atoms. The van der Waals surface area contributed by atoms with Crippen LogP contribution in [0.1, 0.15) is 37.6 Å². The minimum Gasteiger partial charge on any atom is -0.326 e. The Kier molecular flexibility index (Phi) is 4.69. The van der Waals surface area contributed by atoms with E-state index in [1.807, 2.05) is 20.8 Å². The monoisotopic (exact) mass is 427 g/mol. The summed E-state index contributed by atoms with van der Waals surface area (Å²) in [6, 6.07) is 6.03. The fourth-order valence-electron chi connectivity index (χ4n) is 3.38. The predicted octanol–water partition coefficient (Wildman–Crippen LogP) is 2.27. The van der Waals surface area contributed by atoms with Gasteiger partial charge in [-0.1, -0.05) is 20.8 Å². The van der Waals surface area contributed by atoms with Gasteiger partial charge in [-0.25, -0.2) is 9.97 Å². The van der Waals surface area contributed by atoms with Crippen LogP contribution in [0.4, 0.5) is 11.6 Å². The molecular weight excluding hydrogens is 406 g/mol. The molecule has 0 aliphatic carbocycles. The van der Waals surface area contributed by atoms with E-state index in [2.05, 4.69) is 19.7 Å². The molecule has 0 saturated carbocycles. The third-order valence-electron chi connectivity index (χ3n) is 4.96. The summed E-state index contributed by atoms with van der Waals surface area (Å²) in [6.07, 6.45) is 3.60. The zero-order valence-electron chi connectivity index (χ0n) is 16.8. The lowest BCUT2D eigenvalue weighted by molar-refractivity contribution is -0.119. The second-order valence-corrected chi connectivity index (χ2v) is 9.97. The molecule has 2 aliphatic rings. The molecule has 0 fully saturated rings. The number of Topliss-reactive ketones (excluding diaryl/α,β-unsaturated/α-hetero) is 1. The lowest BCUT2D eigenvalue weighted by Gasteiger charge is -2.34. The lowest BCUT2D eigenvalue weighted by Crippen LogP contribution is -2.51. The van der Waals surface area contributed by atoms with Crippen molar-refractivity contribution in [2.75, 3.05) is 16.8 Å². The van der Waals surface area contributed by atoms with Crippen LogP contribution in [-0.2, 0) is 14.8 Å². The molecule has 0 saturated heterocycles. The summed E-state index contributed by atoms with van der Waals surface area (Å²) in [4.78, 5) is 36.1. The number of hydrogen-bond acceptors (Lipinski definition) is 7. The molecular formula is C20H21N5O4S. The van der Waals surface area contributed by atoms with E-state index in [0.717, 1.165) is 0 Å². The number of carbonyl (C=O) groups excluding carboxylic acids is 2. The van der Waals surface area contributed by atoms with Crippen LogP contribution in [0, 0.1) is 11.3 Å². The van der Waals surface area contributed by atoms with E-state index in [-0.39, 0.29) is 33.3 Å². The number of pyridine rings is 2. The van der Waals surface area contributed by atoms with Crippen molar-refractivity contribution < 1.29 is 18.0 Å². The lowest BCUT2D eigenvalue weighted by atomic mass is 9.88. The van der Waals surface area contributed by atoms with Gasteiger partial charge in [-0.2, -0.15) is 8.42 Å². The summed E-state index contributed by atoms with van der Waals surface area (Å²) < 4.78 is 29.0. The number of hydrogen-bond donors (Lipinski definition) is 1. The van der Waals surface area contributed by atoms with Crippen molar-refractivity contribution in [2.24, 2.45) is 15.7 Å². The van der Waals surface area contributed by atoms with E-state index in [9.17, 15) is 18.0 Å². The van der Waals surface area contributed by atoms with Crippen LogP contribution in [-0.4, -0.2) is 42.5 Å². The number of amidine groups is 1. The number of anilines is 2. The second kappa shape index (κ2) is 6.98. The van der Waals surface area contributed by atoms with Crippen molar-refractivity contribution in [1.29, 1.82) is 0 Å². The molecule has 0 spiro atoms. The fourth-order valence-corrected chi connectivity index (χ4v) is 4.48. The van der Waals surface area contributed by atoms with Crippen LogP contribution in [0.15, 0.2) is 46.0 Å².